The summed E-state index contributed by atoms with van der Waals surface area (Å²) in [5.41, 5.74) is -0.621. The van der Waals surface area contributed by atoms with Crippen LogP contribution < -0.4 is 0 Å². The van der Waals surface area contributed by atoms with Crippen LogP contribution in [-0.2, 0) is 9.57 Å². The zero-order valence-electron chi connectivity index (χ0n) is 10.2. The van der Waals surface area contributed by atoms with E-state index in [4.69, 9.17) is 9.57 Å². The van der Waals surface area contributed by atoms with E-state index in [2.05, 4.69) is 6.92 Å². The second-order valence-corrected chi connectivity index (χ2v) is 4.64. The van der Waals surface area contributed by atoms with Crippen molar-refractivity contribution >= 4 is 0 Å². The molecule has 0 aliphatic carbocycles. The van der Waals surface area contributed by atoms with Crippen molar-refractivity contribution in [3.8, 4) is 0 Å². The van der Waals surface area contributed by atoms with Crippen molar-refractivity contribution in [1.29, 1.82) is 0 Å². The summed E-state index contributed by atoms with van der Waals surface area (Å²) in [5.74, 6) is 0. The molecule has 3 unspecified atom stereocenters. The summed E-state index contributed by atoms with van der Waals surface area (Å²) in [6.45, 7) is 2.65. The van der Waals surface area contributed by atoms with Crippen LogP contribution in [0.2, 0.25) is 0 Å². The van der Waals surface area contributed by atoms with Gasteiger partial charge in [-0.05, 0) is 25.0 Å². The normalized spacial score (nSPS) is 33.5. The Bertz CT molecular complexity index is 278. The first-order valence-electron chi connectivity index (χ1n) is 6.33. The van der Waals surface area contributed by atoms with Gasteiger partial charge in [0.25, 0.3) is 0 Å². The number of aliphatic hydroxyl groups is 2. The fourth-order valence-electron chi connectivity index (χ4n) is 1.99. The molecule has 0 aromatic rings. The lowest BCUT2D eigenvalue weighted by Crippen LogP contribution is -2.42. The number of unbranched alkanes of at least 4 members (excludes halogenated alkanes) is 3. The number of nitrogens with zero attached hydrogens (tertiary/aromatic N) is 1. The van der Waals surface area contributed by atoms with E-state index in [1.807, 2.05) is 0 Å². The Labute approximate surface area is 102 Å². The predicted molar refractivity (Wildman–Crippen MR) is 61.5 cm³/mol. The predicted octanol–water partition coefficient (Wildman–Crippen LogP) is 1.12. The molecule has 0 saturated carbocycles. The molecule has 0 bridgehead atoms. The number of hydrogen-bond acceptors (Lipinski definition) is 5. The quantitative estimate of drug-likeness (QED) is 0.304. The van der Waals surface area contributed by atoms with Gasteiger partial charge >= 0.3 is 0 Å². The minimum absolute atomic E-state index is 0.503. The molecule has 0 aromatic carbocycles. The van der Waals surface area contributed by atoms with Crippen molar-refractivity contribution in [2.45, 2.75) is 57.3 Å². The number of rotatable bonds is 7. The molecule has 17 heavy (non-hydrogen) atoms. The highest BCUT2D eigenvalue weighted by Crippen LogP contribution is 2.39. The van der Waals surface area contributed by atoms with Gasteiger partial charge < -0.3 is 14.9 Å². The summed E-state index contributed by atoms with van der Waals surface area (Å²) in [6.07, 6.45) is 6.62. The van der Waals surface area contributed by atoms with Crippen molar-refractivity contribution < 1.29 is 19.8 Å². The van der Waals surface area contributed by atoms with Gasteiger partial charge in [-0.15, -0.1) is 5.06 Å². The molecule has 2 rings (SSSR count). The second-order valence-electron chi connectivity index (χ2n) is 4.64. The Balaban J connectivity index is 1.69. The van der Waals surface area contributed by atoms with Crippen LogP contribution in [0, 0.1) is 0 Å². The van der Waals surface area contributed by atoms with Gasteiger partial charge in [0, 0.05) is 0 Å². The summed E-state index contributed by atoms with van der Waals surface area (Å²) >= 11 is 0. The standard InChI is InChI=1S/C12H21NO4/c1-2-3-4-5-6-11(15)17-13-10(14)7-8-12(13)9-16-12/h7-8,10-11,14-15H,2-6,9H2,1H3. The Morgan fingerprint density at radius 2 is 2.29 bits per heavy atom. The van der Waals surface area contributed by atoms with Gasteiger partial charge in [0.1, 0.15) is 0 Å². The lowest BCUT2D eigenvalue weighted by molar-refractivity contribution is -0.325. The lowest BCUT2D eigenvalue weighted by Gasteiger charge is -2.26. The van der Waals surface area contributed by atoms with Gasteiger partial charge in [-0.25, -0.2) is 0 Å². The topological polar surface area (TPSA) is 65.5 Å². The van der Waals surface area contributed by atoms with E-state index in [-0.39, 0.29) is 0 Å². The third kappa shape index (κ3) is 3.05. The average molecular weight is 243 g/mol. The minimum atomic E-state index is -0.873. The third-order valence-electron chi connectivity index (χ3n) is 3.12. The molecule has 3 atom stereocenters. The molecule has 5 nitrogen and oxygen atoms in total. The first-order valence-corrected chi connectivity index (χ1v) is 6.33. The van der Waals surface area contributed by atoms with Crippen LogP contribution in [0.25, 0.3) is 0 Å². The zero-order valence-corrected chi connectivity index (χ0v) is 10.2. The number of hydroxylamine groups is 2. The largest absolute Gasteiger partial charge is 0.372 e. The Morgan fingerprint density at radius 3 is 2.94 bits per heavy atom. The molecular weight excluding hydrogens is 222 g/mol. The summed E-state index contributed by atoms with van der Waals surface area (Å²) in [5, 5.41) is 20.7. The van der Waals surface area contributed by atoms with E-state index < -0.39 is 18.2 Å². The lowest BCUT2D eigenvalue weighted by atomic mass is 10.1. The average Bonchev–Trinajstić information content (AvgIpc) is 3.03. The first kappa shape index (κ1) is 13.0. The van der Waals surface area contributed by atoms with E-state index in [0.717, 1.165) is 12.8 Å². The molecule has 1 fully saturated rings. The molecule has 2 aliphatic rings. The van der Waals surface area contributed by atoms with Gasteiger partial charge in [0.05, 0.1) is 6.61 Å². The maximum atomic E-state index is 9.73. The monoisotopic (exact) mass is 243 g/mol. The molecule has 2 heterocycles. The van der Waals surface area contributed by atoms with E-state index >= 15 is 0 Å². The third-order valence-corrected chi connectivity index (χ3v) is 3.12. The molecule has 98 valence electrons. The molecule has 2 aliphatic heterocycles. The summed E-state index contributed by atoms with van der Waals surface area (Å²) in [6, 6.07) is 0. The van der Waals surface area contributed by atoms with Crippen molar-refractivity contribution in [3.05, 3.63) is 12.2 Å². The van der Waals surface area contributed by atoms with Crippen molar-refractivity contribution in [2.24, 2.45) is 0 Å². The smallest absolute Gasteiger partial charge is 0.189 e. The second kappa shape index (κ2) is 5.46. The van der Waals surface area contributed by atoms with Crippen molar-refractivity contribution in [1.82, 2.24) is 5.06 Å². The van der Waals surface area contributed by atoms with Crippen LogP contribution in [0.1, 0.15) is 39.0 Å². The van der Waals surface area contributed by atoms with E-state index in [0.29, 0.717) is 13.0 Å². The van der Waals surface area contributed by atoms with Crippen LogP contribution in [0.5, 0.6) is 0 Å². The summed E-state index contributed by atoms with van der Waals surface area (Å²) in [7, 11) is 0. The molecule has 5 heteroatoms. The Hall–Kier alpha value is -0.460. The number of hydrogen-bond donors (Lipinski definition) is 2. The highest BCUT2D eigenvalue weighted by Gasteiger charge is 2.55. The minimum Gasteiger partial charge on any atom is -0.372 e. The first-order chi connectivity index (χ1) is 8.18. The molecule has 0 radical (unpaired) electrons. The van der Waals surface area contributed by atoms with Crippen LogP contribution in [-0.4, -0.2) is 40.1 Å². The highest BCUT2D eigenvalue weighted by molar-refractivity contribution is 5.16. The number of aliphatic hydroxyl groups excluding tert-OH is 2. The summed E-state index contributed by atoms with van der Waals surface area (Å²) in [4.78, 5) is 5.33. The fraction of sp³-hybridized carbons (Fsp3) is 0.833. The van der Waals surface area contributed by atoms with E-state index in [1.165, 1.54) is 17.9 Å². The van der Waals surface area contributed by atoms with E-state index in [1.54, 1.807) is 12.2 Å². The maximum Gasteiger partial charge on any atom is 0.189 e. The Morgan fingerprint density at radius 1 is 1.53 bits per heavy atom. The van der Waals surface area contributed by atoms with Gasteiger partial charge in [-0.2, -0.15) is 0 Å². The molecule has 2 N–H and O–H groups in total. The maximum absolute atomic E-state index is 9.73. The highest BCUT2D eigenvalue weighted by atomic mass is 16.8. The van der Waals surface area contributed by atoms with E-state index in [9.17, 15) is 10.2 Å². The molecule has 1 saturated heterocycles. The zero-order chi connectivity index (χ0) is 12.3. The molecule has 0 aromatic heterocycles. The SMILES string of the molecule is CCCCCCC(O)ON1C(O)C=CC12CO2. The van der Waals surface area contributed by atoms with Crippen LogP contribution in [0.4, 0.5) is 0 Å². The van der Waals surface area contributed by atoms with Gasteiger partial charge in [-0.3, -0.25) is 4.84 Å². The van der Waals surface area contributed by atoms with Crippen molar-refractivity contribution in [2.75, 3.05) is 6.61 Å². The van der Waals surface area contributed by atoms with Crippen molar-refractivity contribution in [3.63, 3.8) is 0 Å². The molecular formula is C12H21NO4. The van der Waals surface area contributed by atoms with Gasteiger partial charge in [0.15, 0.2) is 18.2 Å². The van der Waals surface area contributed by atoms with Gasteiger partial charge in [0.2, 0.25) is 0 Å². The molecule has 1 spiro atoms. The fourth-order valence-corrected chi connectivity index (χ4v) is 1.99. The summed E-state index contributed by atoms with van der Waals surface area (Å²) < 4.78 is 5.23. The Kier molecular flexibility index (Phi) is 4.17. The molecule has 0 amide bonds. The van der Waals surface area contributed by atoms with Gasteiger partial charge in [-0.1, -0.05) is 26.2 Å². The number of ether oxygens (including phenoxy) is 1. The van der Waals surface area contributed by atoms with Crippen LogP contribution in [0.3, 0.4) is 0 Å². The van der Waals surface area contributed by atoms with Crippen LogP contribution >= 0.6 is 0 Å². The van der Waals surface area contributed by atoms with Crippen LogP contribution in [0.15, 0.2) is 12.2 Å². The number of epoxide rings is 1.